The Morgan fingerprint density at radius 1 is 1.33 bits per heavy atom. The Kier molecular flexibility index (Phi) is 4.93. The monoisotopic (exact) mass is 164 g/mol. The van der Waals surface area contributed by atoms with Crippen LogP contribution in [0.1, 0.15) is 20.8 Å². The number of hydrogen-bond acceptors (Lipinski definition) is 1. The van der Waals surface area contributed by atoms with Crippen LogP contribution < -0.4 is 0 Å². The highest BCUT2D eigenvalue weighted by atomic mass is 14.9. The lowest BCUT2D eigenvalue weighted by Gasteiger charge is -2.03. The van der Waals surface area contributed by atoms with Crippen molar-refractivity contribution in [2.45, 2.75) is 20.8 Å². The normalized spacial score (nSPS) is 13.3. The quantitative estimate of drug-likeness (QED) is 0.452. The first-order valence-electron chi connectivity index (χ1n) is 3.98. The Morgan fingerprint density at radius 2 is 1.92 bits per heavy atom. The Bertz CT molecular complexity index is 222. The molecule has 0 fully saturated rings. The molecule has 0 atom stereocenters. The minimum atomic E-state index is 0.317. The molecule has 0 heterocycles. The third kappa shape index (κ3) is 3.86. The standard InChI is InChI=1S/C10H16N2/c1-6-9(5)12-10(8(3)4)11-7-2/h6-8H,1-2H2,3-5H3. The van der Waals surface area contributed by atoms with Gasteiger partial charge in [-0.25, -0.2) is 9.98 Å². The summed E-state index contributed by atoms with van der Waals surface area (Å²) in [6, 6.07) is 0. The second kappa shape index (κ2) is 5.47. The maximum Gasteiger partial charge on any atom is 0.131 e. The van der Waals surface area contributed by atoms with Gasteiger partial charge in [-0.3, -0.25) is 0 Å². The molecule has 0 rings (SSSR count). The van der Waals surface area contributed by atoms with Crippen LogP contribution in [0.25, 0.3) is 0 Å². The molecule has 0 saturated heterocycles. The predicted molar refractivity (Wildman–Crippen MR) is 55.8 cm³/mol. The van der Waals surface area contributed by atoms with Gasteiger partial charge in [0.1, 0.15) is 5.84 Å². The Hall–Kier alpha value is -1.18. The molecule has 2 nitrogen and oxygen atoms in total. The van der Waals surface area contributed by atoms with Crippen molar-refractivity contribution in [3.05, 3.63) is 25.4 Å². The first-order chi connectivity index (χ1) is 5.61. The van der Waals surface area contributed by atoms with Crippen LogP contribution in [0.15, 0.2) is 35.4 Å². The van der Waals surface area contributed by atoms with E-state index in [4.69, 9.17) is 0 Å². The molecule has 0 radical (unpaired) electrons. The Balaban J connectivity index is 4.65. The number of aliphatic imine (C=N–C) groups is 2. The highest BCUT2D eigenvalue weighted by molar-refractivity contribution is 6.02. The van der Waals surface area contributed by atoms with Gasteiger partial charge in [-0.05, 0) is 13.0 Å². The van der Waals surface area contributed by atoms with Gasteiger partial charge in [-0.2, -0.15) is 0 Å². The average molecular weight is 164 g/mol. The zero-order valence-corrected chi connectivity index (χ0v) is 8.04. The van der Waals surface area contributed by atoms with E-state index in [0.29, 0.717) is 5.92 Å². The molecule has 0 aromatic heterocycles. The topological polar surface area (TPSA) is 24.7 Å². The molecule has 0 aromatic carbocycles. The van der Waals surface area contributed by atoms with Crippen LogP contribution in [0.2, 0.25) is 0 Å². The van der Waals surface area contributed by atoms with Crippen LogP contribution in [0.5, 0.6) is 0 Å². The first-order valence-corrected chi connectivity index (χ1v) is 3.98. The van der Waals surface area contributed by atoms with E-state index < -0.39 is 0 Å². The molecule has 0 aliphatic carbocycles. The minimum absolute atomic E-state index is 0.317. The van der Waals surface area contributed by atoms with Gasteiger partial charge in [-0.15, -0.1) is 0 Å². The predicted octanol–water partition coefficient (Wildman–Crippen LogP) is 2.83. The van der Waals surface area contributed by atoms with Crippen LogP contribution in [0, 0.1) is 5.92 Å². The van der Waals surface area contributed by atoms with Crippen LogP contribution in [-0.2, 0) is 0 Å². The van der Waals surface area contributed by atoms with Gasteiger partial charge in [0.15, 0.2) is 0 Å². The van der Waals surface area contributed by atoms with Crippen molar-refractivity contribution < 1.29 is 0 Å². The molecule has 0 aliphatic heterocycles. The minimum Gasteiger partial charge on any atom is -0.242 e. The zero-order chi connectivity index (χ0) is 9.56. The van der Waals surface area contributed by atoms with E-state index in [2.05, 4.69) is 23.1 Å². The van der Waals surface area contributed by atoms with Gasteiger partial charge in [-0.1, -0.05) is 27.0 Å². The number of rotatable bonds is 3. The molecular weight excluding hydrogens is 148 g/mol. The third-order valence-corrected chi connectivity index (χ3v) is 1.33. The largest absolute Gasteiger partial charge is 0.242 e. The van der Waals surface area contributed by atoms with Gasteiger partial charge in [0, 0.05) is 17.8 Å². The summed E-state index contributed by atoms with van der Waals surface area (Å²) in [5.74, 6) is 1.11. The molecular formula is C10H16N2. The van der Waals surface area contributed by atoms with Crippen LogP contribution in [-0.4, -0.2) is 11.5 Å². The van der Waals surface area contributed by atoms with Crippen LogP contribution >= 0.6 is 0 Å². The summed E-state index contributed by atoms with van der Waals surface area (Å²) in [5.41, 5.74) is 0.879. The highest BCUT2D eigenvalue weighted by Crippen LogP contribution is 2.00. The number of hydrogen-bond donors (Lipinski definition) is 0. The molecule has 0 amide bonds. The first kappa shape index (κ1) is 10.8. The Labute approximate surface area is 74.4 Å². The smallest absolute Gasteiger partial charge is 0.131 e. The van der Waals surface area contributed by atoms with Crippen molar-refractivity contribution in [2.75, 3.05) is 0 Å². The zero-order valence-electron chi connectivity index (χ0n) is 8.04. The van der Waals surface area contributed by atoms with Crippen molar-refractivity contribution >= 4 is 11.5 Å². The lowest BCUT2D eigenvalue weighted by Crippen LogP contribution is -2.05. The summed E-state index contributed by atoms with van der Waals surface area (Å²) in [5, 5.41) is 0. The summed E-state index contributed by atoms with van der Waals surface area (Å²) in [7, 11) is 0. The molecule has 0 saturated carbocycles. The number of amidine groups is 1. The van der Waals surface area contributed by atoms with Crippen LogP contribution in [0.4, 0.5) is 0 Å². The van der Waals surface area contributed by atoms with E-state index >= 15 is 0 Å². The van der Waals surface area contributed by atoms with E-state index in [1.807, 2.05) is 20.8 Å². The fraction of sp³-hybridized carbons (Fsp3) is 0.400. The van der Waals surface area contributed by atoms with E-state index in [1.165, 1.54) is 6.20 Å². The Morgan fingerprint density at radius 3 is 2.25 bits per heavy atom. The average Bonchev–Trinajstić information content (AvgIpc) is 2.03. The summed E-state index contributed by atoms with van der Waals surface area (Å²) >= 11 is 0. The molecule has 0 aliphatic rings. The molecule has 0 N–H and O–H groups in total. The SMILES string of the molecule is C=CN=C(N=C(C)C=C)C(C)C. The van der Waals surface area contributed by atoms with E-state index in [9.17, 15) is 0 Å². The third-order valence-electron chi connectivity index (χ3n) is 1.33. The van der Waals surface area contributed by atoms with Crippen molar-refractivity contribution in [3.8, 4) is 0 Å². The van der Waals surface area contributed by atoms with Gasteiger partial charge >= 0.3 is 0 Å². The van der Waals surface area contributed by atoms with E-state index in [0.717, 1.165) is 11.5 Å². The maximum absolute atomic E-state index is 4.26. The van der Waals surface area contributed by atoms with Crippen LogP contribution in [0.3, 0.4) is 0 Å². The summed E-state index contributed by atoms with van der Waals surface area (Å²) in [6.07, 6.45) is 3.22. The lowest BCUT2D eigenvalue weighted by molar-refractivity contribution is 0.873. The highest BCUT2D eigenvalue weighted by Gasteiger charge is 2.01. The molecule has 12 heavy (non-hydrogen) atoms. The van der Waals surface area contributed by atoms with Crippen molar-refractivity contribution in [2.24, 2.45) is 15.9 Å². The van der Waals surface area contributed by atoms with E-state index in [1.54, 1.807) is 6.08 Å². The second-order valence-corrected chi connectivity index (χ2v) is 2.78. The van der Waals surface area contributed by atoms with Gasteiger partial charge < -0.3 is 0 Å². The summed E-state index contributed by atoms with van der Waals surface area (Å²) < 4.78 is 0. The number of nitrogens with zero attached hydrogens (tertiary/aromatic N) is 2. The molecule has 66 valence electrons. The van der Waals surface area contributed by atoms with Crippen molar-refractivity contribution in [1.82, 2.24) is 0 Å². The summed E-state index contributed by atoms with van der Waals surface area (Å²) in [6.45, 7) is 13.1. The van der Waals surface area contributed by atoms with Crippen molar-refractivity contribution in [3.63, 3.8) is 0 Å². The van der Waals surface area contributed by atoms with Gasteiger partial charge in [0.05, 0.1) is 0 Å². The molecule has 0 bridgehead atoms. The van der Waals surface area contributed by atoms with E-state index in [-0.39, 0.29) is 0 Å². The molecule has 0 spiro atoms. The van der Waals surface area contributed by atoms with Gasteiger partial charge in [0.25, 0.3) is 0 Å². The maximum atomic E-state index is 4.26. The van der Waals surface area contributed by atoms with Crippen molar-refractivity contribution in [1.29, 1.82) is 0 Å². The lowest BCUT2D eigenvalue weighted by atomic mass is 10.2. The summed E-state index contributed by atoms with van der Waals surface area (Å²) in [4.78, 5) is 8.32. The fourth-order valence-corrected chi connectivity index (χ4v) is 0.627. The molecule has 2 heteroatoms. The fourth-order valence-electron chi connectivity index (χ4n) is 0.627. The van der Waals surface area contributed by atoms with Gasteiger partial charge in [0.2, 0.25) is 0 Å². The molecule has 0 aromatic rings. The molecule has 0 unspecified atom stereocenters. The number of allylic oxidation sites excluding steroid dienone is 1. The second-order valence-electron chi connectivity index (χ2n) is 2.78.